The van der Waals surface area contributed by atoms with Gasteiger partial charge in [-0.15, -0.1) is 0 Å². The molecule has 0 bridgehead atoms. The van der Waals surface area contributed by atoms with Crippen molar-refractivity contribution in [2.24, 2.45) is 5.92 Å². The number of aromatic nitrogens is 2. The van der Waals surface area contributed by atoms with Gasteiger partial charge < -0.3 is 11.6 Å². The van der Waals surface area contributed by atoms with Gasteiger partial charge in [0.05, 0.1) is 5.69 Å². The zero-order valence-electron chi connectivity index (χ0n) is 11.9. The van der Waals surface area contributed by atoms with E-state index in [2.05, 4.69) is 25.8 Å². The zero-order chi connectivity index (χ0) is 13.3. The lowest BCUT2D eigenvalue weighted by Crippen LogP contribution is -2.24. The number of hydrogen-bond donors (Lipinski definition) is 2. The van der Waals surface area contributed by atoms with Crippen LogP contribution in [0.2, 0.25) is 0 Å². The maximum absolute atomic E-state index is 6.09. The fraction of sp³-hybridized carbons (Fsp3) is 0.786. The van der Waals surface area contributed by atoms with E-state index in [-0.39, 0.29) is 5.41 Å². The summed E-state index contributed by atoms with van der Waals surface area (Å²) in [6.45, 7) is 6.34. The minimum Gasteiger partial charge on any atom is -0.382 e. The molecule has 4 nitrogen and oxygen atoms in total. The van der Waals surface area contributed by atoms with Crippen LogP contribution in [0.1, 0.15) is 64.4 Å². The maximum atomic E-state index is 6.09. The molecule has 0 aliphatic heterocycles. The second kappa shape index (κ2) is 4.82. The van der Waals surface area contributed by atoms with Crippen LogP contribution in [0.25, 0.3) is 0 Å². The van der Waals surface area contributed by atoms with Crippen molar-refractivity contribution in [3.8, 4) is 0 Å². The van der Waals surface area contributed by atoms with Crippen molar-refractivity contribution in [2.45, 2.75) is 64.7 Å². The first-order valence-electron chi connectivity index (χ1n) is 7.02. The van der Waals surface area contributed by atoms with Crippen LogP contribution >= 0.6 is 0 Å². The predicted molar refractivity (Wildman–Crippen MR) is 75.8 cm³/mol. The van der Waals surface area contributed by atoms with E-state index in [0.29, 0.717) is 5.82 Å². The Hall–Kier alpha value is -1.19. The normalized spacial score (nSPS) is 18.2. The number of rotatable bonds is 2. The average Bonchev–Trinajstić information content (AvgIpc) is 2.58. The molecule has 0 aromatic carbocycles. The summed E-state index contributed by atoms with van der Waals surface area (Å²) in [5, 5.41) is 0. The van der Waals surface area contributed by atoms with Crippen LogP contribution in [-0.4, -0.2) is 9.66 Å². The number of imidazole rings is 1. The Labute approximate surface area is 110 Å². The lowest BCUT2D eigenvalue weighted by atomic mass is 9.86. The average molecular weight is 250 g/mol. The summed E-state index contributed by atoms with van der Waals surface area (Å²) in [6.07, 6.45) is 7.67. The summed E-state index contributed by atoms with van der Waals surface area (Å²) in [4.78, 5) is 4.69. The number of nitrogens with two attached hydrogens (primary N) is 2. The van der Waals surface area contributed by atoms with Crippen LogP contribution in [0.4, 0.5) is 5.82 Å². The summed E-state index contributed by atoms with van der Waals surface area (Å²) in [7, 11) is 0. The molecule has 1 aliphatic carbocycles. The largest absolute Gasteiger partial charge is 0.382 e. The highest BCUT2D eigenvalue weighted by Gasteiger charge is 2.25. The first-order chi connectivity index (χ1) is 8.39. The second-order valence-electron chi connectivity index (χ2n) is 6.60. The number of hydrogen-bond acceptors (Lipinski definition) is 3. The molecule has 1 fully saturated rings. The summed E-state index contributed by atoms with van der Waals surface area (Å²) in [5.74, 6) is 8.29. The molecule has 4 heteroatoms. The third-order valence-corrected chi connectivity index (χ3v) is 3.90. The van der Waals surface area contributed by atoms with Gasteiger partial charge in [-0.3, -0.25) is 0 Å². The topological polar surface area (TPSA) is 69.9 Å². The van der Waals surface area contributed by atoms with Gasteiger partial charge in [-0.05, 0) is 12.3 Å². The van der Waals surface area contributed by atoms with Gasteiger partial charge in [0.1, 0.15) is 11.6 Å². The molecule has 0 radical (unpaired) electrons. The highest BCUT2D eigenvalue weighted by molar-refractivity contribution is 5.40. The lowest BCUT2D eigenvalue weighted by molar-refractivity contribution is 0.354. The molecule has 1 heterocycles. The Morgan fingerprint density at radius 2 is 1.83 bits per heavy atom. The molecule has 0 unspecified atom stereocenters. The molecular weight excluding hydrogens is 224 g/mol. The Morgan fingerprint density at radius 3 is 2.33 bits per heavy atom. The zero-order valence-corrected chi connectivity index (χ0v) is 11.9. The molecule has 102 valence electrons. The number of anilines is 1. The molecule has 2 rings (SSSR count). The molecular formula is C14H26N4. The summed E-state index contributed by atoms with van der Waals surface area (Å²) in [6, 6.07) is 0. The Balaban J connectivity index is 2.18. The van der Waals surface area contributed by atoms with Crippen LogP contribution < -0.4 is 11.6 Å². The van der Waals surface area contributed by atoms with E-state index in [1.54, 1.807) is 4.68 Å². The van der Waals surface area contributed by atoms with Gasteiger partial charge in [0.15, 0.2) is 0 Å². The third-order valence-electron chi connectivity index (χ3n) is 3.90. The molecule has 1 aliphatic rings. The highest BCUT2D eigenvalue weighted by atomic mass is 15.4. The van der Waals surface area contributed by atoms with Gasteiger partial charge in [-0.25, -0.2) is 9.66 Å². The van der Waals surface area contributed by atoms with Crippen LogP contribution in [0, 0.1) is 5.92 Å². The second-order valence-corrected chi connectivity index (χ2v) is 6.60. The van der Waals surface area contributed by atoms with Gasteiger partial charge >= 0.3 is 0 Å². The standard InChI is InChI=1S/C14H26N4/c1-14(2,3)13-17-11(12(15)18(13)16)9-10-7-5-4-6-8-10/h10H,4-9,15-16H2,1-3H3. The fourth-order valence-electron chi connectivity index (χ4n) is 2.84. The molecule has 0 amide bonds. The van der Waals surface area contributed by atoms with Crippen molar-refractivity contribution in [2.75, 3.05) is 11.6 Å². The molecule has 1 saturated carbocycles. The Bertz CT molecular complexity index is 408. The quantitative estimate of drug-likeness (QED) is 0.793. The van der Waals surface area contributed by atoms with E-state index in [1.165, 1.54) is 32.1 Å². The third kappa shape index (κ3) is 2.62. The molecule has 4 N–H and O–H groups in total. The molecule has 0 atom stereocenters. The van der Waals surface area contributed by atoms with Crippen LogP contribution in [0.3, 0.4) is 0 Å². The van der Waals surface area contributed by atoms with Gasteiger partial charge in [0, 0.05) is 5.41 Å². The van der Waals surface area contributed by atoms with Crippen molar-refractivity contribution in [1.82, 2.24) is 9.66 Å². The van der Waals surface area contributed by atoms with Crippen molar-refractivity contribution in [1.29, 1.82) is 0 Å². The molecule has 0 spiro atoms. The van der Waals surface area contributed by atoms with Gasteiger partial charge in [0.25, 0.3) is 0 Å². The van der Waals surface area contributed by atoms with E-state index in [1.807, 2.05) is 0 Å². The first kappa shape index (κ1) is 13.2. The SMILES string of the molecule is CC(C)(C)c1nc(CC2CCCCC2)c(N)n1N. The van der Waals surface area contributed by atoms with Crippen molar-refractivity contribution in [3.63, 3.8) is 0 Å². The van der Waals surface area contributed by atoms with Gasteiger partial charge in [-0.1, -0.05) is 52.9 Å². The minimum atomic E-state index is -0.0618. The molecule has 18 heavy (non-hydrogen) atoms. The van der Waals surface area contributed by atoms with Crippen LogP contribution in [-0.2, 0) is 11.8 Å². The monoisotopic (exact) mass is 250 g/mol. The summed E-state index contributed by atoms with van der Waals surface area (Å²) in [5.41, 5.74) is 7.03. The van der Waals surface area contributed by atoms with E-state index < -0.39 is 0 Å². The lowest BCUT2D eigenvalue weighted by Gasteiger charge is -2.20. The number of nitrogens with zero attached hydrogens (tertiary/aromatic N) is 2. The summed E-state index contributed by atoms with van der Waals surface area (Å²) >= 11 is 0. The predicted octanol–water partition coefficient (Wildman–Crippen LogP) is 2.60. The Morgan fingerprint density at radius 1 is 1.22 bits per heavy atom. The van der Waals surface area contributed by atoms with Crippen LogP contribution in [0.5, 0.6) is 0 Å². The molecule has 0 saturated heterocycles. The van der Waals surface area contributed by atoms with Crippen molar-refractivity contribution >= 4 is 5.82 Å². The molecule has 1 aromatic rings. The molecule has 1 aromatic heterocycles. The van der Waals surface area contributed by atoms with Crippen molar-refractivity contribution < 1.29 is 0 Å². The van der Waals surface area contributed by atoms with Crippen molar-refractivity contribution in [3.05, 3.63) is 11.5 Å². The first-order valence-corrected chi connectivity index (χ1v) is 7.02. The van der Waals surface area contributed by atoms with E-state index in [0.717, 1.165) is 23.9 Å². The minimum absolute atomic E-state index is 0.0618. The smallest absolute Gasteiger partial charge is 0.146 e. The van der Waals surface area contributed by atoms with E-state index >= 15 is 0 Å². The maximum Gasteiger partial charge on any atom is 0.146 e. The highest BCUT2D eigenvalue weighted by Crippen LogP contribution is 2.30. The van der Waals surface area contributed by atoms with Gasteiger partial charge in [0.2, 0.25) is 0 Å². The Kier molecular flexibility index (Phi) is 3.55. The van der Waals surface area contributed by atoms with Gasteiger partial charge in [-0.2, -0.15) is 0 Å². The number of nitrogen functional groups attached to an aromatic ring is 2. The summed E-state index contributed by atoms with van der Waals surface area (Å²) < 4.78 is 1.57. The fourth-order valence-corrected chi connectivity index (χ4v) is 2.84. The van der Waals surface area contributed by atoms with E-state index in [4.69, 9.17) is 11.6 Å². The van der Waals surface area contributed by atoms with Crippen LogP contribution in [0.15, 0.2) is 0 Å². The van der Waals surface area contributed by atoms with E-state index in [9.17, 15) is 0 Å².